The van der Waals surface area contributed by atoms with Crippen LogP contribution in [0.2, 0.25) is 0 Å². The second-order valence-corrected chi connectivity index (χ2v) is 5.60. The van der Waals surface area contributed by atoms with Gasteiger partial charge in [0.05, 0.1) is 11.7 Å². The highest BCUT2D eigenvalue weighted by Crippen LogP contribution is 2.37. The van der Waals surface area contributed by atoms with Crippen LogP contribution in [-0.2, 0) is 4.74 Å². The van der Waals surface area contributed by atoms with E-state index >= 15 is 0 Å². The van der Waals surface area contributed by atoms with Gasteiger partial charge >= 0.3 is 0 Å². The maximum absolute atomic E-state index is 6.12. The van der Waals surface area contributed by atoms with Crippen LogP contribution < -0.4 is 0 Å². The van der Waals surface area contributed by atoms with Crippen LogP contribution in [0.25, 0.3) is 0 Å². The number of hydrogen-bond donors (Lipinski definition) is 0. The van der Waals surface area contributed by atoms with Crippen molar-refractivity contribution in [3.63, 3.8) is 0 Å². The first kappa shape index (κ1) is 11.7. The molecule has 0 N–H and O–H groups in total. The number of ether oxygens (including phenoxy) is 1. The van der Waals surface area contributed by atoms with Gasteiger partial charge in [-0.25, -0.2) is 0 Å². The molecule has 1 aromatic rings. The average molecular weight is 218 g/mol. The summed E-state index contributed by atoms with van der Waals surface area (Å²) < 4.78 is 6.12. The van der Waals surface area contributed by atoms with Crippen LogP contribution in [0.4, 0.5) is 0 Å². The second-order valence-electron chi connectivity index (χ2n) is 5.60. The van der Waals surface area contributed by atoms with E-state index in [1.54, 1.807) is 0 Å². The largest absolute Gasteiger partial charge is 0.372 e. The second kappa shape index (κ2) is 4.21. The summed E-state index contributed by atoms with van der Waals surface area (Å²) in [6, 6.07) is 8.64. The highest BCUT2D eigenvalue weighted by atomic mass is 16.5. The van der Waals surface area contributed by atoms with Gasteiger partial charge < -0.3 is 4.74 Å². The predicted molar refractivity (Wildman–Crippen MR) is 67.8 cm³/mol. The van der Waals surface area contributed by atoms with Crippen LogP contribution in [0.5, 0.6) is 0 Å². The van der Waals surface area contributed by atoms with Crippen LogP contribution in [-0.4, -0.2) is 11.7 Å². The Kier molecular flexibility index (Phi) is 3.07. The van der Waals surface area contributed by atoms with Crippen LogP contribution in [0.15, 0.2) is 24.3 Å². The Labute approximate surface area is 98.8 Å². The van der Waals surface area contributed by atoms with E-state index in [-0.39, 0.29) is 5.60 Å². The molecule has 1 heterocycles. The Bertz CT molecular complexity index is 367. The van der Waals surface area contributed by atoms with Crippen molar-refractivity contribution in [3.8, 4) is 0 Å². The highest BCUT2D eigenvalue weighted by molar-refractivity contribution is 5.29. The number of benzene rings is 1. The fraction of sp³-hybridized carbons (Fsp3) is 0.600. The fourth-order valence-corrected chi connectivity index (χ4v) is 2.67. The van der Waals surface area contributed by atoms with Gasteiger partial charge in [-0.3, -0.25) is 0 Å². The van der Waals surface area contributed by atoms with Gasteiger partial charge in [0, 0.05) is 5.92 Å². The highest BCUT2D eigenvalue weighted by Gasteiger charge is 2.35. The number of aryl methyl sites for hydroxylation is 1. The third kappa shape index (κ3) is 2.30. The molecule has 1 heteroatoms. The predicted octanol–water partition coefficient (Wildman–Crippen LogP) is 4.06. The summed E-state index contributed by atoms with van der Waals surface area (Å²) in [5.74, 6) is 0.503. The summed E-state index contributed by atoms with van der Waals surface area (Å²) >= 11 is 0. The minimum Gasteiger partial charge on any atom is -0.372 e. The molecular formula is C15H22O. The Morgan fingerprint density at radius 3 is 2.56 bits per heavy atom. The zero-order valence-corrected chi connectivity index (χ0v) is 10.8. The SMILES string of the molecule is Cc1ccccc1[C@H](C)[C@H]1CCC(C)(C)O1. The molecule has 16 heavy (non-hydrogen) atoms. The van der Waals surface area contributed by atoms with Crippen molar-refractivity contribution in [1.82, 2.24) is 0 Å². The molecule has 1 fully saturated rings. The Morgan fingerprint density at radius 2 is 2.00 bits per heavy atom. The van der Waals surface area contributed by atoms with Gasteiger partial charge in [-0.05, 0) is 44.7 Å². The maximum Gasteiger partial charge on any atom is 0.0649 e. The molecule has 0 saturated carbocycles. The van der Waals surface area contributed by atoms with E-state index in [1.165, 1.54) is 24.0 Å². The molecule has 1 saturated heterocycles. The Morgan fingerprint density at radius 1 is 1.31 bits per heavy atom. The third-order valence-electron chi connectivity index (χ3n) is 3.74. The number of hydrogen-bond acceptors (Lipinski definition) is 1. The van der Waals surface area contributed by atoms with Gasteiger partial charge in [-0.2, -0.15) is 0 Å². The molecule has 2 rings (SSSR count). The van der Waals surface area contributed by atoms with Crippen LogP contribution >= 0.6 is 0 Å². The summed E-state index contributed by atoms with van der Waals surface area (Å²) in [5, 5.41) is 0. The lowest BCUT2D eigenvalue weighted by atomic mass is 9.90. The third-order valence-corrected chi connectivity index (χ3v) is 3.74. The summed E-state index contributed by atoms with van der Waals surface area (Å²) in [5.41, 5.74) is 2.88. The van der Waals surface area contributed by atoms with Crippen molar-refractivity contribution >= 4 is 0 Å². The first-order valence-electron chi connectivity index (χ1n) is 6.23. The van der Waals surface area contributed by atoms with Gasteiger partial charge in [-0.15, -0.1) is 0 Å². The van der Waals surface area contributed by atoms with Gasteiger partial charge in [-0.1, -0.05) is 31.2 Å². The van der Waals surface area contributed by atoms with E-state index in [0.29, 0.717) is 12.0 Å². The summed E-state index contributed by atoms with van der Waals surface area (Å²) in [6.45, 7) is 8.86. The molecule has 1 aromatic carbocycles. The first-order valence-corrected chi connectivity index (χ1v) is 6.23. The maximum atomic E-state index is 6.12. The van der Waals surface area contributed by atoms with Crippen LogP contribution in [0, 0.1) is 6.92 Å². The van der Waals surface area contributed by atoms with E-state index in [1.807, 2.05) is 0 Å². The minimum atomic E-state index is 0.0710. The van der Waals surface area contributed by atoms with E-state index in [0.717, 1.165) is 0 Å². The molecule has 0 amide bonds. The van der Waals surface area contributed by atoms with Gasteiger partial charge in [0.15, 0.2) is 0 Å². The smallest absolute Gasteiger partial charge is 0.0649 e. The topological polar surface area (TPSA) is 9.23 Å². The fourth-order valence-electron chi connectivity index (χ4n) is 2.67. The van der Waals surface area contributed by atoms with Crippen LogP contribution in [0.1, 0.15) is 50.7 Å². The van der Waals surface area contributed by atoms with E-state index in [4.69, 9.17) is 4.74 Å². The molecular weight excluding hydrogens is 196 g/mol. The van der Waals surface area contributed by atoms with Gasteiger partial charge in [0.2, 0.25) is 0 Å². The Balaban J connectivity index is 2.15. The monoisotopic (exact) mass is 218 g/mol. The zero-order chi connectivity index (χ0) is 11.8. The standard InChI is InChI=1S/C15H22O/c1-11-7-5-6-8-13(11)12(2)14-9-10-15(3,4)16-14/h5-8,12,14H,9-10H2,1-4H3/t12-,14+/m0/s1. The van der Waals surface area contributed by atoms with Crippen molar-refractivity contribution in [2.75, 3.05) is 0 Å². The van der Waals surface area contributed by atoms with Gasteiger partial charge in [0.1, 0.15) is 0 Å². The summed E-state index contributed by atoms with van der Waals surface area (Å²) in [4.78, 5) is 0. The number of rotatable bonds is 2. The lowest BCUT2D eigenvalue weighted by molar-refractivity contribution is -0.0243. The summed E-state index contributed by atoms with van der Waals surface area (Å²) in [6.07, 6.45) is 2.74. The molecule has 88 valence electrons. The van der Waals surface area contributed by atoms with Crippen molar-refractivity contribution in [3.05, 3.63) is 35.4 Å². The Hall–Kier alpha value is -0.820. The lowest BCUT2D eigenvalue weighted by Gasteiger charge is -2.24. The lowest BCUT2D eigenvalue weighted by Crippen LogP contribution is -2.23. The van der Waals surface area contributed by atoms with E-state index in [9.17, 15) is 0 Å². The minimum absolute atomic E-state index is 0.0710. The first-order chi connectivity index (χ1) is 7.49. The van der Waals surface area contributed by atoms with Crippen molar-refractivity contribution in [2.45, 2.75) is 58.2 Å². The van der Waals surface area contributed by atoms with Gasteiger partial charge in [0.25, 0.3) is 0 Å². The molecule has 0 aliphatic carbocycles. The van der Waals surface area contributed by atoms with Crippen molar-refractivity contribution < 1.29 is 4.74 Å². The molecule has 0 unspecified atom stereocenters. The molecule has 1 nitrogen and oxygen atoms in total. The van der Waals surface area contributed by atoms with Crippen LogP contribution in [0.3, 0.4) is 0 Å². The van der Waals surface area contributed by atoms with E-state index < -0.39 is 0 Å². The molecule has 2 atom stereocenters. The normalized spacial score (nSPS) is 25.6. The molecule has 0 radical (unpaired) electrons. The molecule has 1 aliphatic heterocycles. The molecule has 0 bridgehead atoms. The molecule has 0 aromatic heterocycles. The van der Waals surface area contributed by atoms with Crippen molar-refractivity contribution in [1.29, 1.82) is 0 Å². The molecule has 0 spiro atoms. The van der Waals surface area contributed by atoms with Crippen molar-refractivity contribution in [2.24, 2.45) is 0 Å². The van der Waals surface area contributed by atoms with E-state index in [2.05, 4.69) is 52.0 Å². The zero-order valence-electron chi connectivity index (χ0n) is 10.8. The molecule has 1 aliphatic rings. The average Bonchev–Trinajstić information content (AvgIpc) is 2.59. The summed E-state index contributed by atoms with van der Waals surface area (Å²) in [7, 11) is 0. The quantitative estimate of drug-likeness (QED) is 0.727.